The highest BCUT2D eigenvalue weighted by molar-refractivity contribution is 9.10. The number of rotatable bonds is 6. The Hall–Kier alpha value is -3.32. The maximum absolute atomic E-state index is 14.0. The van der Waals surface area contributed by atoms with Crippen LogP contribution in [0.3, 0.4) is 0 Å². The number of hydrogen-bond acceptors (Lipinski definition) is 6. The molecule has 0 aromatic heterocycles. The Balaban J connectivity index is 1.78. The fourth-order valence-electron chi connectivity index (χ4n) is 3.83. The quantitative estimate of drug-likeness (QED) is 0.237. The average Bonchev–Trinajstić information content (AvgIpc) is 2.94. The van der Waals surface area contributed by atoms with Crippen LogP contribution in [-0.4, -0.2) is 37.3 Å². The number of hydrogen-bond donors (Lipinski definition) is 0. The second kappa shape index (κ2) is 10.9. The molecule has 0 saturated carbocycles. The molecule has 1 aliphatic rings. The summed E-state index contributed by atoms with van der Waals surface area (Å²) in [6, 6.07) is 26.0. The molecule has 1 aliphatic heterocycles. The van der Waals surface area contributed by atoms with Crippen molar-refractivity contribution in [1.82, 2.24) is 8.83 Å². The molecule has 0 aliphatic carbocycles. The van der Waals surface area contributed by atoms with Gasteiger partial charge in [-0.05, 0) is 86.6 Å². The van der Waals surface area contributed by atoms with Crippen LogP contribution in [0.1, 0.15) is 22.3 Å². The Morgan fingerprint density at radius 3 is 1.10 bits per heavy atom. The molecule has 5 rings (SSSR count). The predicted molar refractivity (Wildman–Crippen MR) is 162 cm³/mol. The first-order chi connectivity index (χ1) is 19.0. The standard InChI is InChI=1S/C28H22Br2N4O4S2/c1-19-3-15-25(16-4-19)39(35,36)33-27(21-7-11-23(29)12-8-21)32-34(28(31-33)22-9-13-24(30)14-10-22)40(37,38)26-17-5-20(2)6-18-26/h3-18H,1-2H3. The van der Waals surface area contributed by atoms with Gasteiger partial charge in [0.15, 0.2) is 11.7 Å². The highest BCUT2D eigenvalue weighted by Gasteiger charge is 2.39. The van der Waals surface area contributed by atoms with E-state index in [1.54, 1.807) is 72.8 Å². The second-order valence-corrected chi connectivity index (χ2v) is 14.3. The first kappa shape index (κ1) is 28.2. The van der Waals surface area contributed by atoms with Crippen LogP contribution in [0.4, 0.5) is 0 Å². The minimum Gasteiger partial charge on any atom is -0.199 e. The van der Waals surface area contributed by atoms with Crippen LogP contribution in [0.15, 0.2) is 126 Å². The molecule has 0 amide bonds. The van der Waals surface area contributed by atoms with E-state index in [9.17, 15) is 16.8 Å². The second-order valence-electron chi connectivity index (χ2n) is 8.98. The van der Waals surface area contributed by atoms with E-state index in [1.807, 2.05) is 13.8 Å². The van der Waals surface area contributed by atoms with Crippen molar-refractivity contribution in [2.24, 2.45) is 10.2 Å². The molecule has 4 aromatic carbocycles. The summed E-state index contributed by atoms with van der Waals surface area (Å²) in [6.07, 6.45) is 0. The molecule has 0 atom stereocenters. The van der Waals surface area contributed by atoms with E-state index >= 15 is 0 Å². The minimum absolute atomic E-state index is 0.0170. The normalized spacial score (nSPS) is 14.1. The van der Waals surface area contributed by atoms with Crippen molar-refractivity contribution in [2.45, 2.75) is 23.6 Å². The zero-order valence-corrected chi connectivity index (χ0v) is 26.0. The molecule has 0 bridgehead atoms. The third-order valence-electron chi connectivity index (χ3n) is 6.03. The molecule has 0 spiro atoms. The van der Waals surface area contributed by atoms with Gasteiger partial charge in [-0.3, -0.25) is 0 Å². The van der Waals surface area contributed by atoms with Gasteiger partial charge in [0.1, 0.15) is 0 Å². The van der Waals surface area contributed by atoms with Gasteiger partial charge in [-0.25, -0.2) is 0 Å². The van der Waals surface area contributed by atoms with E-state index in [0.29, 0.717) is 11.1 Å². The van der Waals surface area contributed by atoms with Gasteiger partial charge in [-0.15, -0.1) is 19.0 Å². The largest absolute Gasteiger partial charge is 0.285 e. The van der Waals surface area contributed by atoms with Crippen LogP contribution >= 0.6 is 31.9 Å². The lowest BCUT2D eigenvalue weighted by Gasteiger charge is -2.31. The molecule has 0 saturated heterocycles. The van der Waals surface area contributed by atoms with E-state index < -0.39 is 20.0 Å². The van der Waals surface area contributed by atoms with E-state index in [0.717, 1.165) is 28.9 Å². The van der Waals surface area contributed by atoms with Crippen LogP contribution in [0, 0.1) is 13.8 Å². The van der Waals surface area contributed by atoms with Gasteiger partial charge in [-0.2, -0.15) is 16.8 Å². The van der Waals surface area contributed by atoms with Crippen LogP contribution in [-0.2, 0) is 20.0 Å². The summed E-state index contributed by atoms with van der Waals surface area (Å²) in [7, 11) is -8.60. The Morgan fingerprint density at radius 2 is 0.800 bits per heavy atom. The van der Waals surface area contributed by atoms with Crippen LogP contribution in [0.25, 0.3) is 0 Å². The van der Waals surface area contributed by atoms with Gasteiger partial charge in [0.05, 0.1) is 9.79 Å². The smallest absolute Gasteiger partial charge is 0.199 e. The van der Waals surface area contributed by atoms with Gasteiger partial charge in [-0.1, -0.05) is 67.3 Å². The number of amidine groups is 2. The molecule has 8 nitrogen and oxygen atoms in total. The highest BCUT2D eigenvalue weighted by Crippen LogP contribution is 2.29. The van der Waals surface area contributed by atoms with Crippen molar-refractivity contribution in [3.8, 4) is 0 Å². The molecule has 0 N–H and O–H groups in total. The maximum atomic E-state index is 14.0. The molecular formula is C28H22Br2N4O4S2. The number of hydrazone groups is 2. The van der Waals surface area contributed by atoms with Gasteiger partial charge < -0.3 is 0 Å². The first-order valence-electron chi connectivity index (χ1n) is 11.9. The maximum Gasteiger partial charge on any atom is 0.285 e. The van der Waals surface area contributed by atoms with Gasteiger partial charge in [0.2, 0.25) is 0 Å². The summed E-state index contributed by atoms with van der Waals surface area (Å²) < 4.78 is 59.1. The fourth-order valence-corrected chi connectivity index (χ4v) is 6.83. The number of benzene rings is 4. The van der Waals surface area contributed by atoms with Crippen LogP contribution < -0.4 is 0 Å². The third-order valence-corrected chi connectivity index (χ3v) is 10.2. The lowest BCUT2D eigenvalue weighted by molar-refractivity contribution is 0.488. The van der Waals surface area contributed by atoms with Crippen molar-refractivity contribution < 1.29 is 16.8 Å². The van der Waals surface area contributed by atoms with Gasteiger partial charge >= 0.3 is 0 Å². The van der Waals surface area contributed by atoms with Gasteiger partial charge in [0.25, 0.3) is 20.0 Å². The summed E-state index contributed by atoms with van der Waals surface area (Å²) in [4.78, 5) is -0.0340. The first-order valence-corrected chi connectivity index (χ1v) is 16.4. The number of nitrogens with zero attached hydrogens (tertiary/aromatic N) is 4. The molecule has 0 fully saturated rings. The van der Waals surface area contributed by atoms with Crippen molar-refractivity contribution in [3.05, 3.63) is 128 Å². The third kappa shape index (κ3) is 5.49. The summed E-state index contributed by atoms with van der Waals surface area (Å²) >= 11 is 6.77. The Kier molecular flexibility index (Phi) is 7.71. The van der Waals surface area contributed by atoms with Crippen molar-refractivity contribution in [2.75, 3.05) is 0 Å². The topological polar surface area (TPSA) is 99.5 Å². The Bertz CT molecular complexity index is 1700. The molecule has 4 aromatic rings. The van der Waals surface area contributed by atoms with E-state index in [1.165, 1.54) is 24.3 Å². The van der Waals surface area contributed by atoms with Crippen molar-refractivity contribution in [1.29, 1.82) is 0 Å². The number of sulfonamides is 2. The molecular weight excluding hydrogens is 680 g/mol. The molecule has 204 valence electrons. The highest BCUT2D eigenvalue weighted by atomic mass is 79.9. The van der Waals surface area contributed by atoms with Gasteiger partial charge in [0, 0.05) is 20.1 Å². The molecule has 40 heavy (non-hydrogen) atoms. The van der Waals surface area contributed by atoms with E-state index in [-0.39, 0.29) is 21.5 Å². The Labute approximate surface area is 250 Å². The Morgan fingerprint density at radius 1 is 0.500 bits per heavy atom. The average molecular weight is 702 g/mol. The van der Waals surface area contributed by atoms with E-state index in [2.05, 4.69) is 42.1 Å². The lowest BCUT2D eigenvalue weighted by atomic mass is 10.2. The zero-order chi connectivity index (χ0) is 28.7. The van der Waals surface area contributed by atoms with Crippen LogP contribution in [0.5, 0.6) is 0 Å². The zero-order valence-electron chi connectivity index (χ0n) is 21.2. The van der Waals surface area contributed by atoms with Crippen molar-refractivity contribution >= 4 is 63.6 Å². The molecule has 0 radical (unpaired) electrons. The summed E-state index contributed by atoms with van der Waals surface area (Å²) in [5.41, 5.74) is 2.46. The van der Waals surface area contributed by atoms with Crippen LogP contribution in [0.2, 0.25) is 0 Å². The summed E-state index contributed by atoms with van der Waals surface area (Å²) in [5.74, 6) is -0.353. The fraction of sp³-hybridized carbons (Fsp3) is 0.0714. The SMILES string of the molecule is Cc1ccc(S(=O)(=O)N2N=C(c3ccc(Br)cc3)N(S(=O)(=O)c3ccc(C)cc3)N=C2c2ccc(Br)cc2)cc1. The van der Waals surface area contributed by atoms with Crippen molar-refractivity contribution in [3.63, 3.8) is 0 Å². The summed E-state index contributed by atoms with van der Waals surface area (Å²) in [6.45, 7) is 3.70. The molecule has 0 unspecified atom stereocenters. The van der Waals surface area contributed by atoms with E-state index in [4.69, 9.17) is 0 Å². The molecule has 12 heteroatoms. The predicted octanol–water partition coefficient (Wildman–Crippen LogP) is 6.25. The number of aryl methyl sites for hydroxylation is 2. The summed E-state index contributed by atoms with van der Waals surface area (Å²) in [5, 5.41) is 8.95. The lowest BCUT2D eigenvalue weighted by Crippen LogP contribution is -2.45. The molecule has 1 heterocycles. The minimum atomic E-state index is -4.30. The monoisotopic (exact) mass is 700 g/mol. The number of halogens is 2.